The number of amides is 1. The summed E-state index contributed by atoms with van der Waals surface area (Å²) in [5, 5.41) is 76.5. The van der Waals surface area contributed by atoms with Gasteiger partial charge < -0.3 is 50.5 Å². The molecule has 0 aromatic heterocycles. The molecule has 0 bridgehead atoms. The minimum Gasteiger partial charge on any atom is -0.394 e. The largest absolute Gasteiger partial charge is 0.394 e. The molecule has 9 atom stereocenters. The van der Waals surface area contributed by atoms with E-state index in [2.05, 4.69) is 31.3 Å². The first-order valence-electron chi connectivity index (χ1n) is 34.1. The van der Waals surface area contributed by atoms with Crippen LogP contribution in [0, 0.1) is 0 Å². The van der Waals surface area contributed by atoms with Crippen LogP contribution in [-0.2, 0) is 14.3 Å². The van der Waals surface area contributed by atoms with Crippen LogP contribution in [0.25, 0.3) is 0 Å². The molecule has 0 spiro atoms. The van der Waals surface area contributed by atoms with Crippen LogP contribution in [0.1, 0.15) is 341 Å². The second kappa shape index (κ2) is 56.3. The van der Waals surface area contributed by atoms with Gasteiger partial charge in [0.15, 0.2) is 6.29 Å². The van der Waals surface area contributed by atoms with E-state index in [1.807, 2.05) is 0 Å². The van der Waals surface area contributed by atoms with Gasteiger partial charge >= 0.3 is 0 Å². The maximum atomic E-state index is 13.2. The molecule has 11 heteroatoms. The highest BCUT2D eigenvalue weighted by atomic mass is 16.7. The number of aliphatic hydroxyl groups is 7. The molecule has 9 unspecified atom stereocenters. The summed E-state index contributed by atoms with van der Waals surface area (Å²) in [5.41, 5.74) is 0. The van der Waals surface area contributed by atoms with Crippen molar-refractivity contribution in [3.8, 4) is 0 Å². The Bertz CT molecular complexity index is 1270. The third-order valence-electron chi connectivity index (χ3n) is 16.8. The summed E-state index contributed by atoms with van der Waals surface area (Å²) in [5.74, 6) is -0.692. The summed E-state index contributed by atoms with van der Waals surface area (Å²) in [7, 11) is 0. The second-order valence-corrected chi connectivity index (χ2v) is 24.3. The summed E-state index contributed by atoms with van der Waals surface area (Å²) in [6.45, 7) is 3.52. The zero-order chi connectivity index (χ0) is 56.8. The molecular weight excluding hydrogens is 979 g/mol. The van der Waals surface area contributed by atoms with Crippen LogP contribution in [-0.4, -0.2) is 110 Å². The van der Waals surface area contributed by atoms with Crippen LogP contribution in [0.2, 0.25) is 0 Å². The monoisotopic (exact) mass is 1110 g/mol. The van der Waals surface area contributed by atoms with Gasteiger partial charge in [-0.1, -0.05) is 315 Å². The predicted octanol–water partition coefficient (Wildman–Crippen LogP) is 15.9. The molecule has 1 fully saturated rings. The van der Waals surface area contributed by atoms with E-state index in [-0.39, 0.29) is 6.42 Å². The zero-order valence-electron chi connectivity index (χ0n) is 51.2. The average molecular weight is 1110 g/mol. The highest BCUT2D eigenvalue weighted by Gasteiger charge is 2.44. The van der Waals surface area contributed by atoms with Gasteiger partial charge in [0.1, 0.15) is 36.6 Å². The number of rotatable bonds is 60. The maximum absolute atomic E-state index is 13.2. The lowest BCUT2D eigenvalue weighted by Crippen LogP contribution is -2.60. The smallest absolute Gasteiger partial charge is 0.249 e. The number of carbonyl (C=O) groups is 1. The van der Waals surface area contributed by atoms with Gasteiger partial charge in [0, 0.05) is 0 Å². The summed E-state index contributed by atoms with van der Waals surface area (Å²) in [6.07, 6.45) is 57.1. The number of allylic oxidation sites excluding steroid dienone is 2. The molecule has 464 valence electrons. The quantitative estimate of drug-likeness (QED) is 0.0215. The average Bonchev–Trinajstić information content (AvgIpc) is 3.46. The Morgan fingerprint density at radius 1 is 0.436 bits per heavy atom. The van der Waals surface area contributed by atoms with Crippen molar-refractivity contribution in [3.05, 3.63) is 12.2 Å². The Morgan fingerprint density at radius 2 is 0.744 bits per heavy atom. The van der Waals surface area contributed by atoms with Crippen LogP contribution in [0.4, 0.5) is 0 Å². The van der Waals surface area contributed by atoms with Crippen molar-refractivity contribution in [1.29, 1.82) is 0 Å². The predicted molar refractivity (Wildman–Crippen MR) is 326 cm³/mol. The summed E-state index contributed by atoms with van der Waals surface area (Å²) in [6, 6.07) is -1.17. The topological polar surface area (TPSA) is 189 Å². The number of unbranched alkanes of at least 4 members (excludes halogenated alkanes) is 46. The fourth-order valence-electron chi connectivity index (χ4n) is 11.3. The first-order chi connectivity index (χ1) is 38.2. The molecule has 0 aromatic rings. The molecule has 0 aliphatic carbocycles. The molecule has 1 rings (SSSR count). The van der Waals surface area contributed by atoms with Gasteiger partial charge in [-0.15, -0.1) is 0 Å². The van der Waals surface area contributed by atoms with Crippen molar-refractivity contribution in [2.45, 2.75) is 396 Å². The first-order valence-corrected chi connectivity index (χ1v) is 34.1. The van der Waals surface area contributed by atoms with Crippen LogP contribution >= 0.6 is 0 Å². The normalized spacial score (nSPS) is 19.4. The van der Waals surface area contributed by atoms with Crippen molar-refractivity contribution in [1.82, 2.24) is 5.32 Å². The number of ether oxygens (including phenoxy) is 2. The van der Waals surface area contributed by atoms with Crippen molar-refractivity contribution in [2.24, 2.45) is 0 Å². The number of aliphatic hydroxyl groups excluding tert-OH is 7. The standard InChI is InChI=1S/C67H131NO10/c1-3-5-7-9-11-13-15-17-19-21-23-25-27-29-31-32-34-36-38-40-42-44-46-48-50-52-54-59(70)62(72)58(57-77-67-65(75)64(74)63(73)61(56-69)78-67)68-66(76)60(71)55-53-51-49-47-45-43-41-39-37-35-33-30-28-26-24-22-20-18-16-14-12-10-8-6-4-2/h30,33,58-65,67,69-75H,3-29,31-32,34-57H2,1-2H3,(H,68,76)/b33-30-. The van der Waals surface area contributed by atoms with E-state index >= 15 is 0 Å². The van der Waals surface area contributed by atoms with Gasteiger partial charge in [0.05, 0.1) is 25.4 Å². The van der Waals surface area contributed by atoms with Crippen LogP contribution in [0.3, 0.4) is 0 Å². The Balaban J connectivity index is 2.22. The van der Waals surface area contributed by atoms with Crippen molar-refractivity contribution in [3.63, 3.8) is 0 Å². The summed E-state index contributed by atoms with van der Waals surface area (Å²) >= 11 is 0. The van der Waals surface area contributed by atoms with Gasteiger partial charge in [0.25, 0.3) is 0 Å². The zero-order valence-corrected chi connectivity index (χ0v) is 51.2. The lowest BCUT2D eigenvalue weighted by Gasteiger charge is -2.40. The maximum Gasteiger partial charge on any atom is 0.249 e. The molecule has 0 aromatic carbocycles. The molecule has 1 saturated heterocycles. The van der Waals surface area contributed by atoms with Gasteiger partial charge in [-0.3, -0.25) is 4.79 Å². The van der Waals surface area contributed by atoms with E-state index in [9.17, 15) is 40.5 Å². The summed E-state index contributed by atoms with van der Waals surface area (Å²) < 4.78 is 11.2. The van der Waals surface area contributed by atoms with E-state index in [1.54, 1.807) is 0 Å². The molecule has 1 aliphatic heterocycles. The molecule has 1 aliphatic rings. The summed E-state index contributed by atoms with van der Waals surface area (Å²) in [4.78, 5) is 13.2. The number of carbonyl (C=O) groups excluding carboxylic acids is 1. The highest BCUT2D eigenvalue weighted by Crippen LogP contribution is 2.24. The van der Waals surface area contributed by atoms with Crippen LogP contribution in [0.5, 0.6) is 0 Å². The lowest BCUT2D eigenvalue weighted by molar-refractivity contribution is -0.303. The minimum atomic E-state index is -1.66. The Morgan fingerprint density at radius 3 is 1.08 bits per heavy atom. The van der Waals surface area contributed by atoms with Crippen LogP contribution in [0.15, 0.2) is 12.2 Å². The van der Waals surface area contributed by atoms with Crippen LogP contribution < -0.4 is 5.32 Å². The molecule has 8 N–H and O–H groups in total. The molecule has 1 amide bonds. The molecular formula is C67H131NO10. The van der Waals surface area contributed by atoms with Crippen molar-refractivity contribution >= 4 is 5.91 Å². The van der Waals surface area contributed by atoms with Gasteiger partial charge in [-0.2, -0.15) is 0 Å². The first kappa shape index (κ1) is 74.9. The Labute approximate surface area is 481 Å². The Hall–Kier alpha value is -1.15. The third-order valence-corrected chi connectivity index (χ3v) is 16.8. The molecule has 1 heterocycles. The van der Waals surface area contributed by atoms with Gasteiger partial charge in [-0.25, -0.2) is 0 Å². The van der Waals surface area contributed by atoms with Gasteiger partial charge in [-0.05, 0) is 38.5 Å². The fraction of sp³-hybridized carbons (Fsp3) is 0.955. The minimum absolute atomic E-state index is 0.261. The number of hydrogen-bond donors (Lipinski definition) is 8. The molecule has 0 radical (unpaired) electrons. The molecule has 11 nitrogen and oxygen atoms in total. The van der Waals surface area contributed by atoms with E-state index in [0.717, 1.165) is 38.5 Å². The Kier molecular flexibility index (Phi) is 54.1. The molecule has 0 saturated carbocycles. The van der Waals surface area contributed by atoms with E-state index in [0.29, 0.717) is 19.3 Å². The lowest BCUT2D eigenvalue weighted by atomic mass is 9.98. The second-order valence-electron chi connectivity index (χ2n) is 24.3. The van der Waals surface area contributed by atoms with Gasteiger partial charge in [0.2, 0.25) is 5.91 Å². The molecule has 78 heavy (non-hydrogen) atoms. The van der Waals surface area contributed by atoms with E-state index < -0.39 is 74.2 Å². The van der Waals surface area contributed by atoms with E-state index in [1.165, 1.54) is 263 Å². The fourth-order valence-corrected chi connectivity index (χ4v) is 11.3. The SMILES string of the molecule is CCCCCCCCCCCCCC/C=C\CCCCCCCCCCCC(O)C(=O)NC(COC1OC(CO)C(O)C(O)C1O)C(O)C(O)CCCCCCCCCCCCCCCCCCCCCCCCCCCC. The highest BCUT2D eigenvalue weighted by molar-refractivity contribution is 5.80. The third kappa shape index (κ3) is 43.5. The van der Waals surface area contributed by atoms with Crippen molar-refractivity contribution in [2.75, 3.05) is 13.2 Å². The van der Waals surface area contributed by atoms with E-state index in [4.69, 9.17) is 9.47 Å². The number of nitrogens with one attached hydrogen (secondary N) is 1. The van der Waals surface area contributed by atoms with Crippen molar-refractivity contribution < 1.29 is 50.0 Å². The number of hydrogen-bond acceptors (Lipinski definition) is 10.